The predicted octanol–water partition coefficient (Wildman–Crippen LogP) is 1.43. The quantitative estimate of drug-likeness (QED) is 0.881. The van der Waals surface area contributed by atoms with E-state index in [0.717, 1.165) is 0 Å². The Balaban J connectivity index is 1.79. The number of piperidine rings is 1. The van der Waals surface area contributed by atoms with Gasteiger partial charge >= 0.3 is 5.69 Å². The fourth-order valence-corrected chi connectivity index (χ4v) is 4.41. The third-order valence-corrected chi connectivity index (χ3v) is 5.89. The number of fused-ring (bicyclic) bond motifs is 1. The Morgan fingerprint density at radius 1 is 1.17 bits per heavy atom. The van der Waals surface area contributed by atoms with Crippen LogP contribution in [0.3, 0.4) is 0 Å². The van der Waals surface area contributed by atoms with Crippen molar-refractivity contribution in [2.75, 3.05) is 13.1 Å². The standard InChI is InChI=1S/C15H21N3O4S/c1-10(2)22-11-5-7-18(8-6-11)23(20,21)12-3-4-13-14(9-12)17-15(19)16-13/h3-4,9-11H,5-8H2,1-2H3,(H2,16,17,19). The van der Waals surface area contributed by atoms with Crippen LogP contribution in [0.5, 0.6) is 0 Å². The molecule has 1 aliphatic heterocycles. The third-order valence-electron chi connectivity index (χ3n) is 3.99. The molecule has 1 aliphatic rings. The molecule has 0 saturated carbocycles. The zero-order valence-electron chi connectivity index (χ0n) is 13.2. The van der Waals surface area contributed by atoms with Crippen molar-refractivity contribution in [3.8, 4) is 0 Å². The number of H-pyrrole nitrogens is 2. The molecule has 1 fully saturated rings. The van der Waals surface area contributed by atoms with Crippen LogP contribution in [-0.2, 0) is 14.8 Å². The van der Waals surface area contributed by atoms with Gasteiger partial charge in [-0.15, -0.1) is 0 Å². The smallest absolute Gasteiger partial charge is 0.323 e. The fraction of sp³-hybridized carbons (Fsp3) is 0.533. The van der Waals surface area contributed by atoms with Crippen molar-refractivity contribution < 1.29 is 13.2 Å². The number of sulfonamides is 1. The molecule has 126 valence electrons. The zero-order valence-corrected chi connectivity index (χ0v) is 14.0. The molecular formula is C15H21N3O4S. The maximum atomic E-state index is 12.7. The first kappa shape index (κ1) is 16.2. The van der Waals surface area contributed by atoms with E-state index < -0.39 is 10.0 Å². The lowest BCUT2D eigenvalue weighted by Crippen LogP contribution is -2.41. The second kappa shape index (κ2) is 6.10. The van der Waals surface area contributed by atoms with Gasteiger partial charge in [-0.05, 0) is 44.9 Å². The SMILES string of the molecule is CC(C)OC1CCN(S(=O)(=O)c2ccc3[nH]c(=O)[nH]c3c2)CC1. The van der Waals surface area contributed by atoms with E-state index in [1.165, 1.54) is 16.4 Å². The van der Waals surface area contributed by atoms with E-state index in [0.29, 0.717) is 37.0 Å². The number of nitrogens with one attached hydrogen (secondary N) is 2. The molecule has 1 saturated heterocycles. The van der Waals surface area contributed by atoms with E-state index in [4.69, 9.17) is 4.74 Å². The van der Waals surface area contributed by atoms with Gasteiger partial charge in [0.1, 0.15) is 0 Å². The number of imidazole rings is 1. The summed E-state index contributed by atoms with van der Waals surface area (Å²) in [4.78, 5) is 16.7. The molecule has 2 heterocycles. The first-order valence-corrected chi connectivity index (χ1v) is 9.18. The van der Waals surface area contributed by atoms with Gasteiger partial charge in [0.05, 0.1) is 28.1 Å². The highest BCUT2D eigenvalue weighted by atomic mass is 32.2. The molecule has 0 aliphatic carbocycles. The van der Waals surface area contributed by atoms with Crippen molar-refractivity contribution in [1.82, 2.24) is 14.3 Å². The summed E-state index contributed by atoms with van der Waals surface area (Å²) < 4.78 is 32.7. The molecule has 0 amide bonds. The Morgan fingerprint density at radius 2 is 1.83 bits per heavy atom. The number of hydrogen-bond acceptors (Lipinski definition) is 4. The minimum atomic E-state index is -3.55. The van der Waals surface area contributed by atoms with Gasteiger partial charge in [-0.1, -0.05) is 0 Å². The second-order valence-corrected chi connectivity index (χ2v) is 8.01. The Bertz CT molecular complexity index is 845. The minimum absolute atomic E-state index is 0.116. The van der Waals surface area contributed by atoms with Gasteiger partial charge in [0.2, 0.25) is 10.0 Å². The number of ether oxygens (including phenoxy) is 1. The summed E-state index contributed by atoms with van der Waals surface area (Å²) in [6.07, 6.45) is 1.65. The molecule has 0 bridgehead atoms. The maximum Gasteiger partial charge on any atom is 0.323 e. The van der Waals surface area contributed by atoms with Crippen molar-refractivity contribution >= 4 is 21.1 Å². The summed E-state index contributed by atoms with van der Waals surface area (Å²) in [6.45, 7) is 4.86. The van der Waals surface area contributed by atoms with Crippen molar-refractivity contribution in [2.45, 2.75) is 43.8 Å². The van der Waals surface area contributed by atoms with E-state index >= 15 is 0 Å². The largest absolute Gasteiger partial charge is 0.375 e. The van der Waals surface area contributed by atoms with Crippen molar-refractivity contribution in [3.63, 3.8) is 0 Å². The normalized spacial score (nSPS) is 18.0. The summed E-state index contributed by atoms with van der Waals surface area (Å²) in [6, 6.07) is 4.63. The van der Waals surface area contributed by atoms with Gasteiger partial charge in [0.15, 0.2) is 0 Å². The molecule has 0 radical (unpaired) electrons. The first-order chi connectivity index (χ1) is 10.9. The van der Waals surface area contributed by atoms with E-state index in [1.54, 1.807) is 6.07 Å². The number of nitrogens with zero attached hydrogens (tertiary/aromatic N) is 1. The average Bonchev–Trinajstić information content (AvgIpc) is 2.86. The van der Waals surface area contributed by atoms with Crippen molar-refractivity contribution in [3.05, 3.63) is 28.7 Å². The Kier molecular flexibility index (Phi) is 4.31. The van der Waals surface area contributed by atoms with E-state index in [-0.39, 0.29) is 22.8 Å². The van der Waals surface area contributed by atoms with Gasteiger partial charge in [-0.25, -0.2) is 13.2 Å². The Labute approximate surface area is 134 Å². The Morgan fingerprint density at radius 3 is 2.48 bits per heavy atom. The van der Waals surface area contributed by atoms with Crippen molar-refractivity contribution in [2.24, 2.45) is 0 Å². The number of aromatic amines is 2. The molecular weight excluding hydrogens is 318 g/mol. The molecule has 23 heavy (non-hydrogen) atoms. The van der Waals surface area contributed by atoms with E-state index in [1.807, 2.05) is 13.8 Å². The van der Waals surface area contributed by atoms with Crippen LogP contribution < -0.4 is 5.69 Å². The molecule has 8 heteroatoms. The van der Waals surface area contributed by atoms with E-state index in [9.17, 15) is 13.2 Å². The lowest BCUT2D eigenvalue weighted by molar-refractivity contribution is -0.0168. The van der Waals surface area contributed by atoms with Gasteiger partial charge in [0.25, 0.3) is 0 Å². The molecule has 1 aromatic heterocycles. The summed E-state index contributed by atoms with van der Waals surface area (Å²) in [5.74, 6) is 0. The third kappa shape index (κ3) is 3.34. The van der Waals surface area contributed by atoms with Gasteiger partial charge < -0.3 is 14.7 Å². The van der Waals surface area contributed by atoms with Crippen LogP contribution in [0.1, 0.15) is 26.7 Å². The van der Waals surface area contributed by atoms with Crippen LogP contribution in [0, 0.1) is 0 Å². The van der Waals surface area contributed by atoms with Gasteiger partial charge in [-0.3, -0.25) is 0 Å². The molecule has 2 N–H and O–H groups in total. The Hall–Kier alpha value is -1.64. The van der Waals surface area contributed by atoms with E-state index in [2.05, 4.69) is 9.97 Å². The van der Waals surface area contributed by atoms with Crippen LogP contribution in [0.25, 0.3) is 11.0 Å². The van der Waals surface area contributed by atoms with Crippen LogP contribution in [-0.4, -0.2) is 48.0 Å². The van der Waals surface area contributed by atoms with Crippen LogP contribution in [0.15, 0.2) is 27.9 Å². The summed E-state index contributed by atoms with van der Waals surface area (Å²) >= 11 is 0. The minimum Gasteiger partial charge on any atom is -0.375 e. The topological polar surface area (TPSA) is 95.3 Å². The highest BCUT2D eigenvalue weighted by Crippen LogP contribution is 2.24. The van der Waals surface area contributed by atoms with Crippen LogP contribution in [0.2, 0.25) is 0 Å². The van der Waals surface area contributed by atoms with Gasteiger partial charge in [-0.2, -0.15) is 4.31 Å². The molecule has 0 spiro atoms. The number of rotatable bonds is 4. The average molecular weight is 339 g/mol. The van der Waals surface area contributed by atoms with Crippen molar-refractivity contribution in [1.29, 1.82) is 0 Å². The van der Waals surface area contributed by atoms with Gasteiger partial charge in [0, 0.05) is 13.1 Å². The predicted molar refractivity (Wildman–Crippen MR) is 86.9 cm³/mol. The van der Waals surface area contributed by atoms with Crippen LogP contribution in [0.4, 0.5) is 0 Å². The molecule has 0 unspecified atom stereocenters. The highest BCUT2D eigenvalue weighted by Gasteiger charge is 2.30. The first-order valence-electron chi connectivity index (χ1n) is 7.74. The number of aromatic nitrogens is 2. The molecule has 1 aromatic carbocycles. The highest BCUT2D eigenvalue weighted by molar-refractivity contribution is 7.89. The second-order valence-electron chi connectivity index (χ2n) is 6.07. The fourth-order valence-electron chi connectivity index (χ4n) is 2.91. The summed E-state index contributed by atoms with van der Waals surface area (Å²) in [7, 11) is -3.55. The molecule has 7 nitrogen and oxygen atoms in total. The maximum absolute atomic E-state index is 12.7. The molecule has 0 atom stereocenters. The zero-order chi connectivity index (χ0) is 16.6. The monoisotopic (exact) mass is 339 g/mol. The molecule has 3 rings (SSSR count). The number of benzene rings is 1. The lowest BCUT2D eigenvalue weighted by atomic mass is 10.1. The molecule has 2 aromatic rings. The number of hydrogen-bond donors (Lipinski definition) is 2. The van der Waals surface area contributed by atoms with Crippen LogP contribution >= 0.6 is 0 Å². The lowest BCUT2D eigenvalue weighted by Gasteiger charge is -2.32. The summed E-state index contributed by atoms with van der Waals surface area (Å²) in [5.41, 5.74) is 0.744. The summed E-state index contributed by atoms with van der Waals surface area (Å²) in [5, 5.41) is 0.